The van der Waals surface area contributed by atoms with Gasteiger partial charge in [-0.3, -0.25) is 19.5 Å². The summed E-state index contributed by atoms with van der Waals surface area (Å²) in [4.78, 5) is 55.1. The summed E-state index contributed by atoms with van der Waals surface area (Å²) in [5.41, 5.74) is 5.05. The van der Waals surface area contributed by atoms with E-state index in [1.807, 2.05) is 72.8 Å². The van der Waals surface area contributed by atoms with Crippen molar-refractivity contribution in [1.82, 2.24) is 20.1 Å². The molecule has 1 aromatic heterocycles. The third kappa shape index (κ3) is 7.82. The highest BCUT2D eigenvalue weighted by molar-refractivity contribution is 8.15. The zero-order chi connectivity index (χ0) is 34.3. The van der Waals surface area contributed by atoms with E-state index in [9.17, 15) is 14.4 Å². The summed E-state index contributed by atoms with van der Waals surface area (Å²) in [6, 6.07) is 29.9. The number of ether oxygens (including phenoxy) is 1. The standard InChI is InChI=1S/C38H39N7O4S/c46-35(33-10-6-20-44(33)37(48)40-25-27-7-2-1-3-8-27)41-29-13-11-28(12-14-29)34-36(47)45(26-31-9-4-5-19-39-31)38(50-34)42-30-15-17-32(18-16-30)43-21-23-49-24-22-43/h1-5,7-9,11-19,33-34H,6,10,20-26H2,(H,40,48)(H,41,46)/t33-,34?/m1/s1. The summed E-state index contributed by atoms with van der Waals surface area (Å²) >= 11 is 1.41. The molecule has 4 aromatic rings. The van der Waals surface area contributed by atoms with E-state index in [-0.39, 0.29) is 17.8 Å². The van der Waals surface area contributed by atoms with Gasteiger partial charge in [-0.05, 0) is 72.5 Å². The van der Waals surface area contributed by atoms with Gasteiger partial charge in [-0.15, -0.1) is 0 Å². The number of nitrogens with zero attached hydrogens (tertiary/aromatic N) is 5. The molecule has 12 heteroatoms. The monoisotopic (exact) mass is 689 g/mol. The summed E-state index contributed by atoms with van der Waals surface area (Å²) in [5, 5.41) is 6.01. The van der Waals surface area contributed by atoms with Crippen LogP contribution in [-0.2, 0) is 27.4 Å². The molecule has 0 radical (unpaired) electrons. The Morgan fingerprint density at radius 2 is 1.66 bits per heavy atom. The minimum Gasteiger partial charge on any atom is -0.378 e. The van der Waals surface area contributed by atoms with Crippen molar-refractivity contribution in [2.45, 2.75) is 37.2 Å². The molecule has 0 bridgehead atoms. The molecular formula is C38H39N7O4S. The zero-order valence-electron chi connectivity index (χ0n) is 27.6. The summed E-state index contributed by atoms with van der Waals surface area (Å²) in [5.74, 6) is -0.309. The molecule has 11 nitrogen and oxygen atoms in total. The first kappa shape index (κ1) is 33.3. The van der Waals surface area contributed by atoms with Crippen LogP contribution in [0.2, 0.25) is 0 Å². The molecular weight excluding hydrogens is 651 g/mol. The average molecular weight is 690 g/mol. The second kappa shape index (κ2) is 15.6. The van der Waals surface area contributed by atoms with E-state index < -0.39 is 11.3 Å². The van der Waals surface area contributed by atoms with Crippen molar-refractivity contribution in [3.05, 3.63) is 120 Å². The van der Waals surface area contributed by atoms with Gasteiger partial charge in [0.15, 0.2) is 5.17 Å². The number of aromatic nitrogens is 1. The number of rotatable bonds is 9. The number of benzene rings is 3. The molecule has 4 heterocycles. The second-order valence-corrected chi connectivity index (χ2v) is 13.4. The lowest BCUT2D eigenvalue weighted by atomic mass is 10.1. The minimum absolute atomic E-state index is 0.0794. The number of aliphatic imine (C=N–C) groups is 1. The number of hydrogen-bond acceptors (Lipinski definition) is 8. The van der Waals surface area contributed by atoms with Crippen LogP contribution in [0.15, 0.2) is 108 Å². The predicted molar refractivity (Wildman–Crippen MR) is 195 cm³/mol. The molecule has 3 aliphatic rings. The quantitative estimate of drug-likeness (QED) is 0.230. The molecule has 7 rings (SSSR count). The lowest BCUT2D eigenvalue weighted by Gasteiger charge is -2.28. The molecule has 256 valence electrons. The van der Waals surface area contributed by atoms with Crippen molar-refractivity contribution in [2.75, 3.05) is 43.1 Å². The summed E-state index contributed by atoms with van der Waals surface area (Å²) < 4.78 is 5.48. The van der Waals surface area contributed by atoms with Crippen LogP contribution in [0.1, 0.15) is 34.9 Å². The number of morpholine rings is 1. The normalized spacial score (nSPS) is 20.0. The van der Waals surface area contributed by atoms with Gasteiger partial charge in [-0.1, -0.05) is 60.3 Å². The molecule has 3 aromatic carbocycles. The van der Waals surface area contributed by atoms with E-state index in [0.717, 1.165) is 47.7 Å². The minimum atomic E-state index is -0.556. The first-order chi connectivity index (χ1) is 24.5. The Hall–Kier alpha value is -5.20. The number of carbonyl (C=O) groups is 3. The predicted octanol–water partition coefficient (Wildman–Crippen LogP) is 5.74. The van der Waals surface area contributed by atoms with Gasteiger partial charge in [0, 0.05) is 43.8 Å². The van der Waals surface area contributed by atoms with Crippen LogP contribution in [0.4, 0.5) is 21.9 Å². The Balaban J connectivity index is 1.03. The smallest absolute Gasteiger partial charge is 0.318 e. The number of amidine groups is 1. The van der Waals surface area contributed by atoms with Gasteiger partial charge in [-0.25, -0.2) is 9.79 Å². The number of pyridine rings is 1. The maximum atomic E-state index is 13.9. The number of nitrogens with one attached hydrogen (secondary N) is 2. The van der Waals surface area contributed by atoms with E-state index in [2.05, 4.69) is 32.7 Å². The van der Waals surface area contributed by atoms with Crippen LogP contribution >= 0.6 is 11.8 Å². The molecule has 3 aliphatic heterocycles. The molecule has 0 spiro atoms. The number of likely N-dealkylation sites (tertiary alicyclic amines) is 1. The fourth-order valence-electron chi connectivity index (χ4n) is 6.35. The lowest BCUT2D eigenvalue weighted by Crippen LogP contribution is -2.47. The molecule has 1 unspecified atom stereocenters. The van der Waals surface area contributed by atoms with Gasteiger partial charge in [0.1, 0.15) is 11.3 Å². The fourth-order valence-corrected chi connectivity index (χ4v) is 7.52. The zero-order valence-corrected chi connectivity index (χ0v) is 28.4. The molecule has 0 aliphatic carbocycles. The molecule has 50 heavy (non-hydrogen) atoms. The van der Waals surface area contributed by atoms with E-state index in [4.69, 9.17) is 9.73 Å². The van der Waals surface area contributed by atoms with E-state index in [0.29, 0.717) is 50.1 Å². The lowest BCUT2D eigenvalue weighted by molar-refractivity contribution is -0.126. The van der Waals surface area contributed by atoms with Gasteiger partial charge in [0.25, 0.3) is 0 Å². The van der Waals surface area contributed by atoms with Crippen LogP contribution in [-0.4, -0.2) is 76.7 Å². The number of hydrogen-bond donors (Lipinski definition) is 2. The largest absolute Gasteiger partial charge is 0.378 e. The summed E-state index contributed by atoms with van der Waals surface area (Å²) in [7, 11) is 0. The number of anilines is 2. The third-order valence-corrected chi connectivity index (χ3v) is 10.3. The first-order valence-electron chi connectivity index (χ1n) is 16.9. The van der Waals surface area contributed by atoms with Crippen LogP contribution < -0.4 is 15.5 Å². The van der Waals surface area contributed by atoms with Crippen LogP contribution in [0.25, 0.3) is 0 Å². The van der Waals surface area contributed by atoms with E-state index in [1.54, 1.807) is 28.1 Å². The molecule has 2 atom stereocenters. The highest BCUT2D eigenvalue weighted by atomic mass is 32.2. The number of thioether (sulfide) groups is 1. The number of urea groups is 1. The summed E-state index contributed by atoms with van der Waals surface area (Å²) in [6.07, 6.45) is 3.07. The SMILES string of the molecule is O=C(Nc1ccc(C2SC(=Nc3ccc(N4CCOCC4)cc3)N(Cc3ccccn3)C2=O)cc1)[C@H]1CCCN1C(=O)NCc1ccccc1. The van der Waals surface area contributed by atoms with Crippen molar-refractivity contribution >= 4 is 51.8 Å². The maximum absolute atomic E-state index is 13.9. The molecule has 4 amide bonds. The van der Waals surface area contributed by atoms with E-state index >= 15 is 0 Å². The highest BCUT2D eigenvalue weighted by Gasteiger charge is 2.39. The van der Waals surface area contributed by atoms with Gasteiger partial charge >= 0.3 is 6.03 Å². The van der Waals surface area contributed by atoms with Crippen molar-refractivity contribution in [3.8, 4) is 0 Å². The Kier molecular flexibility index (Phi) is 10.4. The highest BCUT2D eigenvalue weighted by Crippen LogP contribution is 2.41. The van der Waals surface area contributed by atoms with Crippen molar-refractivity contribution in [1.29, 1.82) is 0 Å². The Bertz CT molecular complexity index is 1820. The third-order valence-electron chi connectivity index (χ3n) is 9.03. The fraction of sp³-hybridized carbons (Fsp3) is 0.289. The maximum Gasteiger partial charge on any atom is 0.318 e. The Morgan fingerprint density at radius 3 is 2.40 bits per heavy atom. The van der Waals surface area contributed by atoms with Crippen LogP contribution in [0.3, 0.4) is 0 Å². The second-order valence-electron chi connectivity index (χ2n) is 12.4. The van der Waals surface area contributed by atoms with Gasteiger partial charge < -0.3 is 25.2 Å². The van der Waals surface area contributed by atoms with Gasteiger partial charge in [-0.2, -0.15) is 0 Å². The first-order valence-corrected chi connectivity index (χ1v) is 17.8. The molecule has 0 saturated carbocycles. The van der Waals surface area contributed by atoms with Gasteiger partial charge in [0.2, 0.25) is 11.8 Å². The van der Waals surface area contributed by atoms with Crippen LogP contribution in [0.5, 0.6) is 0 Å². The van der Waals surface area contributed by atoms with E-state index in [1.165, 1.54) is 11.8 Å². The van der Waals surface area contributed by atoms with Crippen molar-refractivity contribution in [3.63, 3.8) is 0 Å². The molecule has 3 fully saturated rings. The molecule has 3 saturated heterocycles. The summed E-state index contributed by atoms with van der Waals surface area (Å²) in [6.45, 7) is 4.36. The van der Waals surface area contributed by atoms with Crippen molar-refractivity contribution < 1.29 is 19.1 Å². The number of amides is 4. The van der Waals surface area contributed by atoms with Crippen LogP contribution in [0, 0.1) is 0 Å². The number of carbonyl (C=O) groups excluding carboxylic acids is 3. The Labute approximate surface area is 295 Å². The van der Waals surface area contributed by atoms with Crippen molar-refractivity contribution in [2.24, 2.45) is 4.99 Å². The molecule has 2 N–H and O–H groups in total. The Morgan fingerprint density at radius 1 is 0.900 bits per heavy atom. The topological polar surface area (TPSA) is 119 Å². The van der Waals surface area contributed by atoms with Gasteiger partial charge in [0.05, 0.1) is 31.1 Å². The average Bonchev–Trinajstić information content (AvgIpc) is 3.78.